The molecule has 25 heavy (non-hydrogen) atoms. The van der Waals surface area contributed by atoms with E-state index in [4.69, 9.17) is 11.6 Å². The Kier molecular flexibility index (Phi) is 6.47. The maximum absolute atomic E-state index is 12.5. The molecule has 1 heterocycles. The molecule has 0 saturated heterocycles. The van der Waals surface area contributed by atoms with Gasteiger partial charge in [0.2, 0.25) is 12.3 Å². The molecule has 1 aromatic heterocycles. The van der Waals surface area contributed by atoms with E-state index in [2.05, 4.69) is 20.9 Å². The Labute approximate surface area is 149 Å². The number of benzene rings is 1. The smallest absolute Gasteiger partial charge is 0.252 e. The summed E-state index contributed by atoms with van der Waals surface area (Å²) in [6, 6.07) is 7.76. The number of carbonyl (C=O) groups excluding carboxylic acids is 3. The SMILES string of the molecule is CNC(=O)C(CNC(=O)c1ccncc1-c1ccc(Cl)cc1)NC=O. The lowest BCUT2D eigenvalue weighted by Gasteiger charge is -2.16. The van der Waals surface area contributed by atoms with Gasteiger partial charge in [-0.3, -0.25) is 19.4 Å². The zero-order chi connectivity index (χ0) is 18.2. The van der Waals surface area contributed by atoms with Crippen LogP contribution in [0.1, 0.15) is 10.4 Å². The number of nitrogens with one attached hydrogen (secondary N) is 3. The van der Waals surface area contributed by atoms with Crippen LogP contribution in [0.25, 0.3) is 11.1 Å². The number of hydrogen-bond donors (Lipinski definition) is 3. The van der Waals surface area contributed by atoms with Crippen LogP contribution in [0.15, 0.2) is 42.7 Å². The number of halogens is 1. The number of hydrogen-bond acceptors (Lipinski definition) is 4. The van der Waals surface area contributed by atoms with Crippen LogP contribution >= 0.6 is 11.6 Å². The van der Waals surface area contributed by atoms with Gasteiger partial charge in [0.15, 0.2) is 0 Å². The molecule has 130 valence electrons. The van der Waals surface area contributed by atoms with E-state index < -0.39 is 11.9 Å². The molecule has 0 fully saturated rings. The minimum absolute atomic E-state index is 0.0420. The highest BCUT2D eigenvalue weighted by Gasteiger charge is 2.19. The third kappa shape index (κ3) is 4.77. The summed E-state index contributed by atoms with van der Waals surface area (Å²) in [7, 11) is 1.45. The second kappa shape index (κ2) is 8.79. The van der Waals surface area contributed by atoms with E-state index in [1.54, 1.807) is 36.5 Å². The molecule has 8 heteroatoms. The number of carbonyl (C=O) groups is 3. The molecular weight excluding hydrogens is 344 g/mol. The Morgan fingerprint density at radius 1 is 1.24 bits per heavy atom. The number of amides is 3. The van der Waals surface area contributed by atoms with Crippen LogP contribution in [0.5, 0.6) is 0 Å². The molecule has 0 radical (unpaired) electrons. The molecule has 2 aromatic rings. The van der Waals surface area contributed by atoms with Crippen molar-refractivity contribution >= 4 is 29.8 Å². The number of nitrogens with zero attached hydrogens (tertiary/aromatic N) is 1. The van der Waals surface area contributed by atoms with Crippen molar-refractivity contribution in [3.05, 3.63) is 53.3 Å². The number of aromatic nitrogens is 1. The van der Waals surface area contributed by atoms with Crippen LogP contribution in [0.4, 0.5) is 0 Å². The van der Waals surface area contributed by atoms with Gasteiger partial charge in [0, 0.05) is 36.6 Å². The van der Waals surface area contributed by atoms with Gasteiger partial charge in [-0.05, 0) is 23.8 Å². The minimum Gasteiger partial charge on any atom is -0.357 e. The number of pyridine rings is 1. The molecular formula is C17H17ClN4O3. The van der Waals surface area contributed by atoms with Crippen molar-refractivity contribution in [2.45, 2.75) is 6.04 Å². The molecule has 0 bridgehead atoms. The third-order valence-electron chi connectivity index (χ3n) is 3.52. The van der Waals surface area contributed by atoms with Gasteiger partial charge in [0.1, 0.15) is 6.04 Å². The lowest BCUT2D eigenvalue weighted by Crippen LogP contribution is -2.49. The summed E-state index contributed by atoms with van der Waals surface area (Å²) in [6.07, 6.45) is 3.50. The monoisotopic (exact) mass is 360 g/mol. The predicted octanol–water partition coefficient (Wildman–Crippen LogP) is 0.992. The summed E-state index contributed by atoms with van der Waals surface area (Å²) in [4.78, 5) is 38.8. The second-order valence-corrected chi connectivity index (χ2v) is 5.53. The normalized spacial score (nSPS) is 11.3. The van der Waals surface area contributed by atoms with Gasteiger partial charge >= 0.3 is 0 Å². The Hall–Kier alpha value is -2.93. The maximum atomic E-state index is 12.5. The van der Waals surface area contributed by atoms with Crippen molar-refractivity contribution < 1.29 is 14.4 Å². The molecule has 0 saturated carbocycles. The van der Waals surface area contributed by atoms with Crippen LogP contribution in [0, 0.1) is 0 Å². The molecule has 1 unspecified atom stereocenters. The van der Waals surface area contributed by atoms with E-state index >= 15 is 0 Å². The van der Waals surface area contributed by atoms with Crippen LogP contribution in [0.2, 0.25) is 5.02 Å². The summed E-state index contributed by atoms with van der Waals surface area (Å²) in [5, 5.41) is 8.02. The van der Waals surface area contributed by atoms with Crippen molar-refractivity contribution in [1.29, 1.82) is 0 Å². The summed E-state index contributed by atoms with van der Waals surface area (Å²) >= 11 is 5.89. The molecule has 0 spiro atoms. The second-order valence-electron chi connectivity index (χ2n) is 5.09. The Bertz CT molecular complexity index is 765. The topological polar surface area (TPSA) is 100 Å². The van der Waals surface area contributed by atoms with Crippen LogP contribution in [-0.2, 0) is 9.59 Å². The van der Waals surface area contributed by atoms with Gasteiger partial charge in [-0.25, -0.2) is 0 Å². The molecule has 2 rings (SSSR count). The molecule has 1 aromatic carbocycles. The van der Waals surface area contributed by atoms with Crippen molar-refractivity contribution in [2.24, 2.45) is 0 Å². The fraction of sp³-hybridized carbons (Fsp3) is 0.176. The number of rotatable bonds is 7. The van der Waals surface area contributed by atoms with E-state index in [1.165, 1.54) is 13.2 Å². The van der Waals surface area contributed by atoms with E-state index in [0.717, 1.165) is 5.56 Å². The van der Waals surface area contributed by atoms with Gasteiger partial charge in [-0.15, -0.1) is 0 Å². The first-order chi connectivity index (χ1) is 12.1. The van der Waals surface area contributed by atoms with E-state index in [-0.39, 0.29) is 12.5 Å². The molecule has 1 atom stereocenters. The molecule has 0 aliphatic carbocycles. The quantitative estimate of drug-likeness (QED) is 0.641. The van der Waals surface area contributed by atoms with Crippen molar-refractivity contribution in [3.63, 3.8) is 0 Å². The maximum Gasteiger partial charge on any atom is 0.252 e. The predicted molar refractivity (Wildman–Crippen MR) is 94.1 cm³/mol. The van der Waals surface area contributed by atoms with Crippen molar-refractivity contribution in [1.82, 2.24) is 20.9 Å². The fourth-order valence-electron chi connectivity index (χ4n) is 2.23. The van der Waals surface area contributed by atoms with Crippen LogP contribution in [0.3, 0.4) is 0 Å². The fourth-order valence-corrected chi connectivity index (χ4v) is 2.35. The highest BCUT2D eigenvalue weighted by atomic mass is 35.5. The van der Waals surface area contributed by atoms with Gasteiger partial charge in [0.25, 0.3) is 5.91 Å². The van der Waals surface area contributed by atoms with E-state index in [0.29, 0.717) is 22.6 Å². The average Bonchev–Trinajstić information content (AvgIpc) is 2.65. The lowest BCUT2D eigenvalue weighted by molar-refractivity contribution is -0.124. The zero-order valence-electron chi connectivity index (χ0n) is 13.5. The Balaban J connectivity index is 2.18. The lowest BCUT2D eigenvalue weighted by atomic mass is 10.0. The highest BCUT2D eigenvalue weighted by Crippen LogP contribution is 2.24. The van der Waals surface area contributed by atoms with Gasteiger partial charge in [0.05, 0.1) is 5.56 Å². The molecule has 0 aliphatic heterocycles. The van der Waals surface area contributed by atoms with Gasteiger partial charge < -0.3 is 16.0 Å². The van der Waals surface area contributed by atoms with Crippen LogP contribution in [-0.4, -0.2) is 42.8 Å². The molecule has 3 amide bonds. The summed E-state index contributed by atoms with van der Waals surface area (Å²) < 4.78 is 0. The molecule has 7 nitrogen and oxygen atoms in total. The first-order valence-corrected chi connectivity index (χ1v) is 7.84. The van der Waals surface area contributed by atoms with Crippen molar-refractivity contribution in [2.75, 3.05) is 13.6 Å². The molecule has 3 N–H and O–H groups in total. The van der Waals surface area contributed by atoms with Gasteiger partial charge in [-0.2, -0.15) is 0 Å². The molecule has 0 aliphatic rings. The van der Waals surface area contributed by atoms with E-state index in [9.17, 15) is 14.4 Å². The number of likely N-dealkylation sites (N-methyl/N-ethyl adjacent to an activating group) is 1. The van der Waals surface area contributed by atoms with Crippen molar-refractivity contribution in [3.8, 4) is 11.1 Å². The highest BCUT2D eigenvalue weighted by molar-refractivity contribution is 6.30. The van der Waals surface area contributed by atoms with Crippen LogP contribution < -0.4 is 16.0 Å². The zero-order valence-corrected chi connectivity index (χ0v) is 14.2. The summed E-state index contributed by atoms with van der Waals surface area (Å²) in [5.41, 5.74) is 1.83. The first kappa shape index (κ1) is 18.4. The summed E-state index contributed by atoms with van der Waals surface area (Å²) in [5.74, 6) is -0.783. The largest absolute Gasteiger partial charge is 0.357 e. The Morgan fingerprint density at radius 3 is 2.60 bits per heavy atom. The first-order valence-electron chi connectivity index (χ1n) is 7.46. The summed E-state index contributed by atoms with van der Waals surface area (Å²) in [6.45, 7) is -0.0420. The average molecular weight is 361 g/mol. The Morgan fingerprint density at radius 2 is 1.96 bits per heavy atom. The van der Waals surface area contributed by atoms with Gasteiger partial charge in [-0.1, -0.05) is 23.7 Å². The third-order valence-corrected chi connectivity index (χ3v) is 3.77. The van der Waals surface area contributed by atoms with E-state index in [1.807, 2.05) is 0 Å². The standard InChI is InChI=1S/C17H17ClN4O3/c1-19-17(25)15(22-10-23)9-21-16(24)13-6-7-20-8-14(13)11-2-4-12(18)5-3-11/h2-8,10,15H,9H2,1H3,(H,19,25)(H,21,24)(H,22,23). The minimum atomic E-state index is -0.854.